The molecular formula is C12H15NOS. The van der Waals surface area contributed by atoms with Crippen molar-refractivity contribution >= 4 is 11.8 Å². The lowest BCUT2D eigenvalue weighted by atomic mass is 10.1. The summed E-state index contributed by atoms with van der Waals surface area (Å²) in [4.78, 5) is 0.974. The third kappa shape index (κ3) is 3.58. The Balaban J connectivity index is 3.04. The number of rotatable bonds is 2. The summed E-state index contributed by atoms with van der Waals surface area (Å²) in [6.07, 6.45) is 0. The van der Waals surface area contributed by atoms with E-state index < -0.39 is 0 Å². The topological polar surface area (TPSA) is 44.0 Å². The first-order chi connectivity index (χ1) is 6.96. The van der Waals surface area contributed by atoms with Gasteiger partial charge in [-0.3, -0.25) is 0 Å². The molecule has 0 heterocycles. The first kappa shape index (κ1) is 12.1. The maximum Gasteiger partial charge on any atom is 0.100 e. The number of nitriles is 1. The lowest BCUT2D eigenvalue weighted by Crippen LogP contribution is -2.07. The van der Waals surface area contributed by atoms with Crippen LogP contribution in [0.1, 0.15) is 31.9 Å². The average molecular weight is 221 g/mol. The van der Waals surface area contributed by atoms with E-state index in [4.69, 9.17) is 10.4 Å². The van der Waals surface area contributed by atoms with Crippen LogP contribution < -0.4 is 0 Å². The van der Waals surface area contributed by atoms with Crippen LogP contribution in [0.2, 0.25) is 0 Å². The second-order valence-electron chi connectivity index (χ2n) is 4.31. The van der Waals surface area contributed by atoms with Crippen LogP contribution in [-0.4, -0.2) is 9.85 Å². The molecule has 0 aliphatic carbocycles. The number of aliphatic hydroxyl groups is 1. The van der Waals surface area contributed by atoms with Gasteiger partial charge in [-0.25, -0.2) is 0 Å². The second-order valence-corrected chi connectivity index (χ2v) is 6.18. The first-order valence-electron chi connectivity index (χ1n) is 4.79. The quantitative estimate of drug-likeness (QED) is 0.781. The average Bonchev–Trinajstić information content (AvgIpc) is 2.16. The van der Waals surface area contributed by atoms with E-state index in [0.29, 0.717) is 5.56 Å². The van der Waals surface area contributed by atoms with Crippen LogP contribution in [0.4, 0.5) is 0 Å². The van der Waals surface area contributed by atoms with Crippen molar-refractivity contribution in [1.29, 1.82) is 5.26 Å². The summed E-state index contributed by atoms with van der Waals surface area (Å²) in [7, 11) is 0. The predicted molar refractivity (Wildman–Crippen MR) is 62.7 cm³/mol. The fraction of sp³-hybridized carbons (Fsp3) is 0.417. The SMILES string of the molecule is CC(C)(C)Sc1ccc(CO)cc1C#N. The van der Waals surface area contributed by atoms with Crippen LogP contribution in [0.15, 0.2) is 23.1 Å². The molecule has 80 valence electrons. The smallest absolute Gasteiger partial charge is 0.100 e. The Morgan fingerprint density at radius 1 is 1.40 bits per heavy atom. The van der Waals surface area contributed by atoms with Gasteiger partial charge >= 0.3 is 0 Å². The Kier molecular flexibility index (Phi) is 3.78. The molecule has 0 unspecified atom stereocenters. The van der Waals surface area contributed by atoms with E-state index in [1.807, 2.05) is 12.1 Å². The van der Waals surface area contributed by atoms with E-state index in [0.717, 1.165) is 10.5 Å². The van der Waals surface area contributed by atoms with Crippen LogP contribution in [0, 0.1) is 11.3 Å². The number of thioether (sulfide) groups is 1. The maximum absolute atomic E-state index is 8.99. The third-order valence-corrected chi connectivity index (χ3v) is 2.95. The molecular weight excluding hydrogens is 206 g/mol. The Morgan fingerprint density at radius 3 is 2.53 bits per heavy atom. The fourth-order valence-corrected chi connectivity index (χ4v) is 2.19. The maximum atomic E-state index is 8.99. The number of hydrogen-bond acceptors (Lipinski definition) is 3. The predicted octanol–water partition coefficient (Wildman–Crippen LogP) is 2.94. The summed E-state index contributed by atoms with van der Waals surface area (Å²) in [6, 6.07) is 7.66. The van der Waals surface area contributed by atoms with Crippen molar-refractivity contribution in [3.05, 3.63) is 29.3 Å². The summed E-state index contributed by atoms with van der Waals surface area (Å²) >= 11 is 1.67. The molecule has 0 saturated heterocycles. The fourth-order valence-electron chi connectivity index (χ4n) is 1.18. The van der Waals surface area contributed by atoms with Gasteiger partial charge in [-0.05, 0) is 17.7 Å². The van der Waals surface area contributed by atoms with Gasteiger partial charge in [0.05, 0.1) is 12.2 Å². The van der Waals surface area contributed by atoms with E-state index in [-0.39, 0.29) is 11.4 Å². The highest BCUT2D eigenvalue weighted by molar-refractivity contribution is 8.00. The van der Waals surface area contributed by atoms with Crippen molar-refractivity contribution in [2.75, 3.05) is 0 Å². The van der Waals surface area contributed by atoms with Crippen molar-refractivity contribution < 1.29 is 5.11 Å². The van der Waals surface area contributed by atoms with E-state index in [1.165, 1.54) is 0 Å². The highest BCUT2D eigenvalue weighted by Gasteiger charge is 2.14. The Hall–Kier alpha value is -0.980. The normalized spacial score (nSPS) is 11.1. The molecule has 0 bridgehead atoms. The van der Waals surface area contributed by atoms with Gasteiger partial charge in [-0.1, -0.05) is 26.8 Å². The zero-order valence-corrected chi connectivity index (χ0v) is 10.1. The van der Waals surface area contributed by atoms with E-state index >= 15 is 0 Å². The molecule has 0 atom stereocenters. The summed E-state index contributed by atoms with van der Waals surface area (Å²) in [5.74, 6) is 0. The minimum absolute atomic E-state index is 0.0187. The van der Waals surface area contributed by atoms with E-state index in [1.54, 1.807) is 17.8 Å². The van der Waals surface area contributed by atoms with Crippen molar-refractivity contribution in [3.8, 4) is 6.07 Å². The van der Waals surface area contributed by atoms with Gasteiger partial charge in [0, 0.05) is 9.64 Å². The molecule has 0 aliphatic rings. The third-order valence-electron chi connectivity index (χ3n) is 1.76. The molecule has 2 nitrogen and oxygen atoms in total. The minimum Gasteiger partial charge on any atom is -0.392 e. The van der Waals surface area contributed by atoms with Gasteiger partial charge in [0.15, 0.2) is 0 Å². The van der Waals surface area contributed by atoms with E-state index in [2.05, 4.69) is 26.8 Å². The standard InChI is InChI=1S/C12H15NOS/c1-12(2,3)15-11-5-4-9(8-14)6-10(11)7-13/h4-6,14H,8H2,1-3H3. The zero-order chi connectivity index (χ0) is 11.5. The van der Waals surface area contributed by atoms with Crippen molar-refractivity contribution in [1.82, 2.24) is 0 Å². The molecule has 0 aromatic heterocycles. The van der Waals surface area contributed by atoms with Gasteiger partial charge in [-0.15, -0.1) is 11.8 Å². The summed E-state index contributed by atoms with van der Waals surface area (Å²) in [5, 5.41) is 18.0. The zero-order valence-electron chi connectivity index (χ0n) is 9.24. The molecule has 3 heteroatoms. The number of aliphatic hydroxyl groups excluding tert-OH is 1. The Bertz CT molecular complexity index is 388. The molecule has 0 radical (unpaired) electrons. The summed E-state index contributed by atoms with van der Waals surface area (Å²) in [6.45, 7) is 6.31. The van der Waals surface area contributed by atoms with Crippen LogP contribution in [0.25, 0.3) is 0 Å². The van der Waals surface area contributed by atoms with Crippen LogP contribution in [-0.2, 0) is 6.61 Å². The summed E-state index contributed by atoms with van der Waals surface area (Å²) < 4.78 is 0.0896. The lowest BCUT2D eigenvalue weighted by molar-refractivity contribution is 0.281. The second kappa shape index (κ2) is 4.69. The highest BCUT2D eigenvalue weighted by Crippen LogP contribution is 2.34. The van der Waals surface area contributed by atoms with Gasteiger partial charge in [0.25, 0.3) is 0 Å². The first-order valence-corrected chi connectivity index (χ1v) is 5.61. The number of nitrogens with zero attached hydrogens (tertiary/aromatic N) is 1. The van der Waals surface area contributed by atoms with Gasteiger partial charge in [0.1, 0.15) is 6.07 Å². The molecule has 1 aromatic rings. The largest absolute Gasteiger partial charge is 0.392 e. The minimum atomic E-state index is -0.0187. The molecule has 0 amide bonds. The molecule has 1 N–H and O–H groups in total. The molecule has 0 aliphatic heterocycles. The summed E-state index contributed by atoms with van der Waals surface area (Å²) in [5.41, 5.74) is 1.42. The van der Waals surface area contributed by atoms with Gasteiger partial charge < -0.3 is 5.11 Å². The van der Waals surface area contributed by atoms with Crippen molar-refractivity contribution in [3.63, 3.8) is 0 Å². The Morgan fingerprint density at radius 2 is 2.07 bits per heavy atom. The molecule has 0 fully saturated rings. The number of hydrogen-bond donors (Lipinski definition) is 1. The van der Waals surface area contributed by atoms with Crippen LogP contribution in [0.3, 0.4) is 0 Å². The van der Waals surface area contributed by atoms with E-state index in [9.17, 15) is 0 Å². The number of benzene rings is 1. The molecule has 1 rings (SSSR count). The van der Waals surface area contributed by atoms with Gasteiger partial charge in [-0.2, -0.15) is 5.26 Å². The molecule has 15 heavy (non-hydrogen) atoms. The molecule has 0 saturated carbocycles. The van der Waals surface area contributed by atoms with Crippen molar-refractivity contribution in [2.45, 2.75) is 37.0 Å². The Labute approximate surface area is 94.9 Å². The lowest BCUT2D eigenvalue weighted by Gasteiger charge is -2.18. The molecule has 1 aromatic carbocycles. The van der Waals surface area contributed by atoms with Crippen LogP contribution in [0.5, 0.6) is 0 Å². The van der Waals surface area contributed by atoms with Crippen LogP contribution >= 0.6 is 11.8 Å². The highest BCUT2D eigenvalue weighted by atomic mass is 32.2. The molecule has 0 spiro atoms. The van der Waals surface area contributed by atoms with Crippen molar-refractivity contribution in [2.24, 2.45) is 0 Å². The monoisotopic (exact) mass is 221 g/mol. The van der Waals surface area contributed by atoms with Gasteiger partial charge in [0.2, 0.25) is 0 Å².